The maximum atomic E-state index is 13.2. The standard InChI is InChI=1S/C19H22FN3O2/c1-13-12-18(14(2)23(13)17-6-4-16(20)5-7-17)19(25)22-10-8-21(9-11-22)15(3)24/h4-7,12H,8-11H2,1-3H3. The van der Waals surface area contributed by atoms with Crippen molar-refractivity contribution >= 4 is 11.8 Å². The van der Waals surface area contributed by atoms with E-state index in [1.807, 2.05) is 24.5 Å². The second kappa shape index (κ2) is 6.70. The fourth-order valence-corrected chi connectivity index (χ4v) is 3.36. The maximum Gasteiger partial charge on any atom is 0.255 e. The first-order valence-electron chi connectivity index (χ1n) is 8.38. The van der Waals surface area contributed by atoms with E-state index in [9.17, 15) is 14.0 Å². The Morgan fingerprint density at radius 3 is 2.08 bits per heavy atom. The zero-order valence-electron chi connectivity index (χ0n) is 14.8. The number of aryl methyl sites for hydroxylation is 1. The fourth-order valence-electron chi connectivity index (χ4n) is 3.36. The Bertz CT molecular complexity index is 803. The van der Waals surface area contributed by atoms with Gasteiger partial charge in [-0.05, 0) is 44.2 Å². The minimum Gasteiger partial charge on any atom is -0.339 e. The molecule has 0 saturated carbocycles. The third kappa shape index (κ3) is 3.29. The maximum absolute atomic E-state index is 13.2. The largest absolute Gasteiger partial charge is 0.339 e. The molecule has 1 aliphatic rings. The first-order valence-corrected chi connectivity index (χ1v) is 8.38. The van der Waals surface area contributed by atoms with Gasteiger partial charge in [0.25, 0.3) is 5.91 Å². The van der Waals surface area contributed by atoms with Gasteiger partial charge < -0.3 is 14.4 Å². The van der Waals surface area contributed by atoms with Crippen LogP contribution in [-0.4, -0.2) is 52.4 Å². The fraction of sp³-hybridized carbons (Fsp3) is 0.368. The molecule has 25 heavy (non-hydrogen) atoms. The molecule has 0 aliphatic carbocycles. The van der Waals surface area contributed by atoms with Crippen LogP contribution in [-0.2, 0) is 4.79 Å². The van der Waals surface area contributed by atoms with Crippen LogP contribution in [0.15, 0.2) is 30.3 Å². The van der Waals surface area contributed by atoms with Gasteiger partial charge in [0.05, 0.1) is 5.56 Å². The molecular weight excluding hydrogens is 321 g/mol. The van der Waals surface area contributed by atoms with Crippen LogP contribution in [0, 0.1) is 19.7 Å². The Labute approximate surface area is 146 Å². The molecule has 1 aromatic carbocycles. The Balaban J connectivity index is 1.84. The number of amides is 2. The van der Waals surface area contributed by atoms with Crippen LogP contribution in [0.3, 0.4) is 0 Å². The molecule has 0 bridgehead atoms. The summed E-state index contributed by atoms with van der Waals surface area (Å²) >= 11 is 0. The predicted molar refractivity (Wildman–Crippen MR) is 93.4 cm³/mol. The summed E-state index contributed by atoms with van der Waals surface area (Å²) in [5.74, 6) is -0.267. The van der Waals surface area contributed by atoms with Crippen LogP contribution in [0.4, 0.5) is 4.39 Å². The van der Waals surface area contributed by atoms with Gasteiger partial charge in [-0.15, -0.1) is 0 Å². The average molecular weight is 343 g/mol. The molecule has 1 aromatic heterocycles. The SMILES string of the molecule is CC(=O)N1CCN(C(=O)c2cc(C)n(-c3ccc(F)cc3)c2C)CC1. The van der Waals surface area contributed by atoms with Crippen LogP contribution in [0.1, 0.15) is 28.7 Å². The number of benzene rings is 1. The van der Waals surface area contributed by atoms with Gasteiger partial charge in [0.1, 0.15) is 5.82 Å². The van der Waals surface area contributed by atoms with Gasteiger partial charge in [-0.2, -0.15) is 0 Å². The topological polar surface area (TPSA) is 45.6 Å². The van der Waals surface area contributed by atoms with E-state index in [2.05, 4.69) is 0 Å². The van der Waals surface area contributed by atoms with Crippen molar-refractivity contribution in [3.8, 4) is 5.69 Å². The molecule has 0 radical (unpaired) electrons. The van der Waals surface area contributed by atoms with Gasteiger partial charge >= 0.3 is 0 Å². The summed E-state index contributed by atoms with van der Waals surface area (Å²) in [6.45, 7) is 7.59. The molecular formula is C19H22FN3O2. The lowest BCUT2D eigenvalue weighted by atomic mass is 10.2. The van der Waals surface area contributed by atoms with E-state index in [4.69, 9.17) is 0 Å². The highest BCUT2D eigenvalue weighted by Crippen LogP contribution is 2.23. The summed E-state index contributed by atoms with van der Waals surface area (Å²) in [4.78, 5) is 27.9. The summed E-state index contributed by atoms with van der Waals surface area (Å²) < 4.78 is 15.1. The number of nitrogens with zero attached hydrogens (tertiary/aromatic N) is 3. The lowest BCUT2D eigenvalue weighted by Gasteiger charge is -2.34. The van der Waals surface area contributed by atoms with E-state index < -0.39 is 0 Å². The second-order valence-corrected chi connectivity index (χ2v) is 6.39. The molecule has 1 saturated heterocycles. The molecule has 132 valence electrons. The number of halogens is 1. The number of rotatable bonds is 2. The van der Waals surface area contributed by atoms with Gasteiger partial charge in [0.15, 0.2) is 0 Å². The minimum absolute atomic E-state index is 0.0235. The minimum atomic E-state index is -0.286. The first-order chi connectivity index (χ1) is 11.9. The molecule has 0 atom stereocenters. The van der Waals surface area contributed by atoms with Crippen molar-refractivity contribution in [1.82, 2.24) is 14.4 Å². The molecule has 0 unspecified atom stereocenters. The van der Waals surface area contributed by atoms with Crippen LogP contribution >= 0.6 is 0 Å². The number of carbonyl (C=O) groups is 2. The zero-order chi connectivity index (χ0) is 18.1. The van der Waals surface area contributed by atoms with Gasteiger partial charge in [0, 0.05) is 50.2 Å². The summed E-state index contributed by atoms with van der Waals surface area (Å²) in [5.41, 5.74) is 3.24. The molecule has 6 heteroatoms. The molecule has 1 fully saturated rings. The van der Waals surface area contributed by atoms with Crippen LogP contribution in [0.2, 0.25) is 0 Å². The smallest absolute Gasteiger partial charge is 0.255 e. The van der Waals surface area contributed by atoms with Crippen molar-refractivity contribution in [2.24, 2.45) is 0 Å². The Morgan fingerprint density at radius 2 is 1.52 bits per heavy atom. The average Bonchev–Trinajstić information content (AvgIpc) is 2.90. The molecule has 1 aliphatic heterocycles. The molecule has 2 heterocycles. The molecule has 0 spiro atoms. The quantitative estimate of drug-likeness (QED) is 0.841. The Hall–Kier alpha value is -2.63. The lowest BCUT2D eigenvalue weighted by Crippen LogP contribution is -2.50. The number of piperazine rings is 1. The molecule has 0 N–H and O–H groups in total. The highest BCUT2D eigenvalue weighted by atomic mass is 19.1. The van der Waals surface area contributed by atoms with Gasteiger partial charge in [-0.25, -0.2) is 4.39 Å². The van der Waals surface area contributed by atoms with Crippen LogP contribution < -0.4 is 0 Å². The number of aromatic nitrogens is 1. The Morgan fingerprint density at radius 1 is 0.960 bits per heavy atom. The van der Waals surface area contributed by atoms with E-state index in [0.29, 0.717) is 31.7 Å². The third-order valence-electron chi connectivity index (χ3n) is 4.76. The van der Waals surface area contributed by atoms with E-state index >= 15 is 0 Å². The van der Waals surface area contributed by atoms with E-state index in [1.54, 1.807) is 28.9 Å². The van der Waals surface area contributed by atoms with E-state index in [0.717, 1.165) is 17.1 Å². The van der Waals surface area contributed by atoms with E-state index in [-0.39, 0.29) is 17.6 Å². The lowest BCUT2D eigenvalue weighted by molar-refractivity contribution is -0.130. The van der Waals surface area contributed by atoms with Gasteiger partial charge in [-0.3, -0.25) is 9.59 Å². The normalized spacial score (nSPS) is 14.7. The van der Waals surface area contributed by atoms with Crippen molar-refractivity contribution < 1.29 is 14.0 Å². The first kappa shape index (κ1) is 17.2. The summed E-state index contributed by atoms with van der Waals surface area (Å²) in [6, 6.07) is 8.11. The van der Waals surface area contributed by atoms with Crippen molar-refractivity contribution in [2.75, 3.05) is 26.2 Å². The van der Waals surface area contributed by atoms with Crippen molar-refractivity contribution in [3.05, 3.63) is 53.1 Å². The number of hydrogen-bond acceptors (Lipinski definition) is 2. The van der Waals surface area contributed by atoms with Gasteiger partial charge in [0.2, 0.25) is 5.91 Å². The molecule has 2 amide bonds. The number of carbonyl (C=O) groups excluding carboxylic acids is 2. The van der Waals surface area contributed by atoms with Crippen LogP contribution in [0.5, 0.6) is 0 Å². The highest BCUT2D eigenvalue weighted by molar-refractivity contribution is 5.96. The van der Waals surface area contributed by atoms with E-state index in [1.165, 1.54) is 12.1 Å². The van der Waals surface area contributed by atoms with Crippen molar-refractivity contribution in [3.63, 3.8) is 0 Å². The summed E-state index contributed by atoms with van der Waals surface area (Å²) in [7, 11) is 0. The molecule has 2 aromatic rings. The molecule has 5 nitrogen and oxygen atoms in total. The third-order valence-corrected chi connectivity index (χ3v) is 4.76. The molecule has 3 rings (SSSR count). The number of hydrogen-bond donors (Lipinski definition) is 0. The monoisotopic (exact) mass is 343 g/mol. The second-order valence-electron chi connectivity index (χ2n) is 6.39. The van der Waals surface area contributed by atoms with Crippen molar-refractivity contribution in [1.29, 1.82) is 0 Å². The highest BCUT2D eigenvalue weighted by Gasteiger charge is 2.26. The summed E-state index contributed by atoms with van der Waals surface area (Å²) in [5, 5.41) is 0. The zero-order valence-corrected chi connectivity index (χ0v) is 14.8. The Kier molecular flexibility index (Phi) is 4.61. The van der Waals surface area contributed by atoms with Gasteiger partial charge in [-0.1, -0.05) is 0 Å². The predicted octanol–water partition coefficient (Wildman–Crippen LogP) is 2.54. The summed E-state index contributed by atoms with van der Waals surface area (Å²) in [6.07, 6.45) is 0. The van der Waals surface area contributed by atoms with Crippen molar-refractivity contribution in [2.45, 2.75) is 20.8 Å². The van der Waals surface area contributed by atoms with Crippen LogP contribution in [0.25, 0.3) is 5.69 Å².